The molecule has 14 heavy (non-hydrogen) atoms. The number of aromatic amines is 1. The highest BCUT2D eigenvalue weighted by Crippen LogP contribution is 2.30. The summed E-state index contributed by atoms with van der Waals surface area (Å²) in [5.74, 6) is 0. The molecule has 0 amide bonds. The zero-order chi connectivity index (χ0) is 10.1. The van der Waals surface area contributed by atoms with Crippen LogP contribution in [-0.2, 0) is 0 Å². The van der Waals surface area contributed by atoms with E-state index in [4.69, 9.17) is 17.3 Å². The van der Waals surface area contributed by atoms with Crippen LogP contribution in [0.3, 0.4) is 0 Å². The van der Waals surface area contributed by atoms with Gasteiger partial charge in [-0.2, -0.15) is 0 Å². The molecular formula is C11H13ClN2. The predicted octanol–water partition coefficient (Wildman–Crippen LogP) is 3.23. The van der Waals surface area contributed by atoms with Crippen molar-refractivity contribution in [2.45, 2.75) is 19.4 Å². The van der Waals surface area contributed by atoms with E-state index in [-0.39, 0.29) is 6.04 Å². The molecule has 1 heterocycles. The Bertz CT molecular complexity index is 447. The van der Waals surface area contributed by atoms with Crippen molar-refractivity contribution in [2.75, 3.05) is 0 Å². The van der Waals surface area contributed by atoms with Gasteiger partial charge in [-0.05, 0) is 12.5 Å². The van der Waals surface area contributed by atoms with E-state index in [0.29, 0.717) is 0 Å². The monoisotopic (exact) mass is 208 g/mol. The lowest BCUT2D eigenvalue weighted by Crippen LogP contribution is -2.09. The molecule has 0 spiro atoms. The van der Waals surface area contributed by atoms with Crippen LogP contribution in [0, 0.1) is 0 Å². The Balaban J connectivity index is 2.62. The Hall–Kier alpha value is -0.990. The molecule has 0 unspecified atom stereocenters. The number of rotatable bonds is 2. The largest absolute Gasteiger partial charge is 0.356 e. The van der Waals surface area contributed by atoms with Gasteiger partial charge in [0.2, 0.25) is 0 Å². The van der Waals surface area contributed by atoms with Crippen molar-refractivity contribution in [3.05, 3.63) is 35.0 Å². The van der Waals surface area contributed by atoms with Crippen molar-refractivity contribution < 1.29 is 0 Å². The normalized spacial score (nSPS) is 13.4. The average Bonchev–Trinajstić information content (AvgIpc) is 2.56. The molecule has 2 rings (SSSR count). The summed E-state index contributed by atoms with van der Waals surface area (Å²) in [4.78, 5) is 3.26. The number of halogens is 1. The number of H-pyrrole nitrogens is 1. The molecule has 0 saturated heterocycles. The molecule has 2 nitrogen and oxygen atoms in total. The topological polar surface area (TPSA) is 41.8 Å². The summed E-state index contributed by atoms with van der Waals surface area (Å²) in [6.45, 7) is 2.05. The standard InChI is InChI=1S/C11H13ClN2/c1-2-8(13)11-10(12)7-5-3-4-6-9(7)14-11/h3-6,8,14H,2,13H2,1H3/t8-/m0/s1. The quantitative estimate of drug-likeness (QED) is 0.782. The van der Waals surface area contributed by atoms with Crippen LogP contribution in [0.1, 0.15) is 25.1 Å². The summed E-state index contributed by atoms with van der Waals surface area (Å²) in [6.07, 6.45) is 0.881. The molecule has 3 N–H and O–H groups in total. The van der Waals surface area contributed by atoms with Gasteiger partial charge in [-0.25, -0.2) is 0 Å². The van der Waals surface area contributed by atoms with E-state index >= 15 is 0 Å². The molecule has 0 aliphatic carbocycles. The molecule has 0 fully saturated rings. The third kappa shape index (κ3) is 1.41. The van der Waals surface area contributed by atoms with Crippen LogP contribution < -0.4 is 5.73 Å². The lowest BCUT2D eigenvalue weighted by molar-refractivity contribution is 0.682. The summed E-state index contributed by atoms with van der Waals surface area (Å²) in [7, 11) is 0. The maximum atomic E-state index is 6.22. The summed E-state index contributed by atoms with van der Waals surface area (Å²) in [6, 6.07) is 7.96. The zero-order valence-electron chi connectivity index (χ0n) is 8.05. The molecule has 0 aliphatic heterocycles. The maximum Gasteiger partial charge on any atom is 0.0708 e. The molecule has 74 valence electrons. The van der Waals surface area contributed by atoms with Gasteiger partial charge in [0, 0.05) is 16.9 Å². The number of nitrogens with one attached hydrogen (secondary N) is 1. The fourth-order valence-electron chi connectivity index (χ4n) is 1.59. The fourth-order valence-corrected chi connectivity index (χ4v) is 1.94. The lowest BCUT2D eigenvalue weighted by atomic mass is 10.1. The summed E-state index contributed by atoms with van der Waals surface area (Å²) in [5, 5.41) is 1.81. The fraction of sp³-hybridized carbons (Fsp3) is 0.273. The first-order valence-electron chi connectivity index (χ1n) is 4.75. The molecule has 3 heteroatoms. The second kappa shape index (κ2) is 3.64. The smallest absolute Gasteiger partial charge is 0.0708 e. The minimum absolute atomic E-state index is 0.00472. The summed E-state index contributed by atoms with van der Waals surface area (Å²) >= 11 is 6.22. The van der Waals surface area contributed by atoms with Crippen molar-refractivity contribution >= 4 is 22.5 Å². The van der Waals surface area contributed by atoms with E-state index in [1.165, 1.54) is 0 Å². The number of nitrogens with two attached hydrogens (primary N) is 1. The van der Waals surface area contributed by atoms with Crippen LogP contribution in [0.25, 0.3) is 10.9 Å². The molecule has 0 radical (unpaired) electrons. The first kappa shape index (κ1) is 9.56. The molecule has 1 aromatic heterocycles. The van der Waals surface area contributed by atoms with Gasteiger partial charge in [-0.15, -0.1) is 0 Å². The minimum Gasteiger partial charge on any atom is -0.356 e. The van der Waals surface area contributed by atoms with E-state index in [2.05, 4.69) is 4.98 Å². The van der Waals surface area contributed by atoms with E-state index in [1.807, 2.05) is 31.2 Å². The predicted molar refractivity (Wildman–Crippen MR) is 60.5 cm³/mol. The van der Waals surface area contributed by atoms with Crippen LogP contribution >= 0.6 is 11.6 Å². The highest BCUT2D eigenvalue weighted by molar-refractivity contribution is 6.36. The number of fused-ring (bicyclic) bond motifs is 1. The lowest BCUT2D eigenvalue weighted by Gasteiger charge is -2.06. The van der Waals surface area contributed by atoms with E-state index in [1.54, 1.807) is 0 Å². The Morgan fingerprint density at radius 2 is 2.14 bits per heavy atom. The Morgan fingerprint density at radius 1 is 1.43 bits per heavy atom. The van der Waals surface area contributed by atoms with Gasteiger partial charge < -0.3 is 10.7 Å². The van der Waals surface area contributed by atoms with E-state index in [9.17, 15) is 0 Å². The van der Waals surface area contributed by atoms with Crippen LogP contribution in [0.4, 0.5) is 0 Å². The number of benzene rings is 1. The zero-order valence-corrected chi connectivity index (χ0v) is 8.81. The number of hydrogen-bond acceptors (Lipinski definition) is 1. The van der Waals surface area contributed by atoms with Gasteiger partial charge >= 0.3 is 0 Å². The van der Waals surface area contributed by atoms with Crippen molar-refractivity contribution in [3.63, 3.8) is 0 Å². The van der Waals surface area contributed by atoms with Crippen molar-refractivity contribution in [1.29, 1.82) is 0 Å². The van der Waals surface area contributed by atoms with Crippen LogP contribution in [0.5, 0.6) is 0 Å². The van der Waals surface area contributed by atoms with Gasteiger partial charge in [0.25, 0.3) is 0 Å². The van der Waals surface area contributed by atoms with Crippen LogP contribution in [0.2, 0.25) is 5.02 Å². The van der Waals surface area contributed by atoms with Crippen molar-refractivity contribution in [1.82, 2.24) is 4.98 Å². The SMILES string of the molecule is CC[C@H](N)c1[nH]c2ccccc2c1Cl. The number of para-hydroxylation sites is 1. The third-order valence-electron chi connectivity index (χ3n) is 2.48. The Labute approximate surface area is 88.1 Å². The second-order valence-electron chi connectivity index (χ2n) is 3.41. The molecular weight excluding hydrogens is 196 g/mol. The molecule has 1 aromatic carbocycles. The average molecular weight is 209 g/mol. The molecule has 1 atom stereocenters. The molecule has 0 aliphatic rings. The summed E-state index contributed by atoms with van der Waals surface area (Å²) in [5.41, 5.74) is 7.94. The van der Waals surface area contributed by atoms with Gasteiger partial charge in [0.15, 0.2) is 0 Å². The Kier molecular flexibility index (Phi) is 2.48. The first-order valence-corrected chi connectivity index (χ1v) is 5.13. The summed E-state index contributed by atoms with van der Waals surface area (Å²) < 4.78 is 0. The molecule has 0 bridgehead atoms. The van der Waals surface area contributed by atoms with Gasteiger partial charge in [0.05, 0.1) is 10.7 Å². The molecule has 2 aromatic rings. The van der Waals surface area contributed by atoms with Crippen LogP contribution in [-0.4, -0.2) is 4.98 Å². The number of hydrogen-bond donors (Lipinski definition) is 2. The van der Waals surface area contributed by atoms with E-state index < -0.39 is 0 Å². The minimum atomic E-state index is -0.00472. The molecule has 0 saturated carbocycles. The maximum absolute atomic E-state index is 6.22. The van der Waals surface area contributed by atoms with Gasteiger partial charge in [0.1, 0.15) is 0 Å². The first-order chi connectivity index (χ1) is 6.74. The Morgan fingerprint density at radius 3 is 2.79 bits per heavy atom. The highest BCUT2D eigenvalue weighted by atomic mass is 35.5. The van der Waals surface area contributed by atoms with Gasteiger partial charge in [-0.1, -0.05) is 36.7 Å². The van der Waals surface area contributed by atoms with E-state index in [0.717, 1.165) is 28.0 Å². The van der Waals surface area contributed by atoms with Crippen LogP contribution in [0.15, 0.2) is 24.3 Å². The third-order valence-corrected chi connectivity index (χ3v) is 2.89. The second-order valence-corrected chi connectivity index (χ2v) is 3.79. The highest BCUT2D eigenvalue weighted by Gasteiger charge is 2.13. The number of aromatic nitrogens is 1. The van der Waals surface area contributed by atoms with Crippen molar-refractivity contribution in [2.24, 2.45) is 5.73 Å². The van der Waals surface area contributed by atoms with Gasteiger partial charge in [-0.3, -0.25) is 0 Å². The van der Waals surface area contributed by atoms with Crippen molar-refractivity contribution in [3.8, 4) is 0 Å².